The van der Waals surface area contributed by atoms with Gasteiger partial charge in [0.25, 0.3) is 5.91 Å². The Kier molecular flexibility index (Phi) is 5.24. The maximum Gasteiger partial charge on any atom is 0.308 e. The number of carbonyl (C=O) groups is 3. The van der Waals surface area contributed by atoms with Gasteiger partial charge in [0, 0.05) is 12.5 Å². The number of anilines is 2. The van der Waals surface area contributed by atoms with Crippen molar-refractivity contribution in [1.82, 2.24) is 0 Å². The summed E-state index contributed by atoms with van der Waals surface area (Å²) in [5.74, 6) is 1.68. The molecule has 2 amide bonds. The van der Waals surface area contributed by atoms with Gasteiger partial charge in [-0.05, 0) is 86.6 Å². The second-order valence-corrected chi connectivity index (χ2v) is 9.77. The molecule has 32 heavy (non-hydrogen) atoms. The maximum absolute atomic E-state index is 13.4. The largest absolute Gasteiger partial charge is 0.427 e. The van der Waals surface area contributed by atoms with Crippen LogP contribution >= 0.6 is 0 Å². The molecule has 0 saturated heterocycles. The van der Waals surface area contributed by atoms with E-state index in [1.165, 1.54) is 32.3 Å². The van der Waals surface area contributed by atoms with Crippen LogP contribution in [0, 0.1) is 23.2 Å². The molecule has 4 fully saturated rings. The SMILES string of the molecule is CC(=O)Oc1cccc(C(=O)Nc2ccccc2NC(=O)C23CC4CC(CC(C4)C2)C3)c1. The summed E-state index contributed by atoms with van der Waals surface area (Å²) in [5.41, 5.74) is 1.27. The van der Waals surface area contributed by atoms with Crippen LogP contribution in [0.25, 0.3) is 0 Å². The molecule has 166 valence electrons. The number of carbonyl (C=O) groups excluding carboxylic acids is 3. The zero-order chi connectivity index (χ0) is 22.3. The molecule has 2 aromatic carbocycles. The lowest BCUT2D eigenvalue weighted by Gasteiger charge is -2.55. The van der Waals surface area contributed by atoms with Crippen molar-refractivity contribution in [2.75, 3.05) is 10.6 Å². The molecule has 0 aliphatic heterocycles. The minimum Gasteiger partial charge on any atom is -0.427 e. The van der Waals surface area contributed by atoms with E-state index in [0.29, 0.717) is 40.4 Å². The number of hydrogen-bond acceptors (Lipinski definition) is 4. The standard InChI is InChI=1S/C26H28N2O4/c1-16(29)32-21-6-4-5-20(12-21)24(30)27-22-7-2-3-8-23(22)28-25(31)26-13-17-9-18(14-26)11-19(10-17)15-26/h2-8,12,17-19H,9-11,13-15H2,1H3,(H,27,30)(H,28,31). The molecule has 6 nitrogen and oxygen atoms in total. The van der Waals surface area contributed by atoms with Crippen molar-refractivity contribution in [3.8, 4) is 5.75 Å². The maximum atomic E-state index is 13.4. The van der Waals surface area contributed by atoms with Crippen molar-refractivity contribution < 1.29 is 19.1 Å². The minimum atomic E-state index is -0.444. The van der Waals surface area contributed by atoms with Gasteiger partial charge in [0.05, 0.1) is 16.8 Å². The normalized spacial score (nSPS) is 27.6. The first-order chi connectivity index (χ1) is 15.4. The second kappa shape index (κ2) is 8.08. The van der Waals surface area contributed by atoms with Crippen LogP contribution < -0.4 is 15.4 Å². The van der Waals surface area contributed by atoms with Crippen LogP contribution in [0.1, 0.15) is 55.8 Å². The highest BCUT2D eigenvalue weighted by Crippen LogP contribution is 2.60. The van der Waals surface area contributed by atoms with Crippen molar-refractivity contribution in [3.05, 3.63) is 54.1 Å². The molecule has 0 aromatic heterocycles. The quantitative estimate of drug-likeness (QED) is 0.513. The topological polar surface area (TPSA) is 84.5 Å². The molecule has 0 unspecified atom stereocenters. The Morgan fingerprint density at radius 2 is 1.44 bits per heavy atom. The highest BCUT2D eigenvalue weighted by molar-refractivity contribution is 6.08. The molecule has 4 bridgehead atoms. The van der Waals surface area contributed by atoms with Gasteiger partial charge in [-0.1, -0.05) is 18.2 Å². The molecule has 6 heteroatoms. The summed E-state index contributed by atoms with van der Waals surface area (Å²) < 4.78 is 5.07. The van der Waals surface area contributed by atoms with Crippen LogP contribution in [-0.2, 0) is 9.59 Å². The van der Waals surface area contributed by atoms with Gasteiger partial charge >= 0.3 is 5.97 Å². The van der Waals surface area contributed by atoms with E-state index >= 15 is 0 Å². The number of hydrogen-bond donors (Lipinski definition) is 2. The van der Waals surface area contributed by atoms with Crippen molar-refractivity contribution in [3.63, 3.8) is 0 Å². The summed E-state index contributed by atoms with van der Waals surface area (Å²) in [6, 6.07) is 13.7. The summed E-state index contributed by atoms with van der Waals surface area (Å²) >= 11 is 0. The van der Waals surface area contributed by atoms with E-state index in [1.54, 1.807) is 24.3 Å². The summed E-state index contributed by atoms with van der Waals surface area (Å²) in [5, 5.41) is 6.03. The number of ether oxygens (including phenoxy) is 1. The molecule has 0 heterocycles. The van der Waals surface area contributed by atoms with Gasteiger partial charge in [-0.15, -0.1) is 0 Å². The zero-order valence-electron chi connectivity index (χ0n) is 18.2. The van der Waals surface area contributed by atoms with Gasteiger partial charge in [-0.3, -0.25) is 14.4 Å². The number of esters is 1. The second-order valence-electron chi connectivity index (χ2n) is 9.77. The number of benzene rings is 2. The van der Waals surface area contributed by atoms with Gasteiger partial charge in [0.15, 0.2) is 0 Å². The first-order valence-corrected chi connectivity index (χ1v) is 11.4. The molecule has 2 N–H and O–H groups in total. The van der Waals surface area contributed by atoms with Gasteiger partial charge < -0.3 is 15.4 Å². The summed E-state index contributed by atoms with van der Waals surface area (Å²) in [6.45, 7) is 1.31. The van der Waals surface area contributed by atoms with E-state index in [1.807, 2.05) is 18.2 Å². The average Bonchev–Trinajstić information content (AvgIpc) is 2.74. The molecule has 6 rings (SSSR count). The molecule has 0 atom stereocenters. The predicted octanol–water partition coefficient (Wildman–Crippen LogP) is 5.02. The fourth-order valence-corrected chi connectivity index (χ4v) is 6.41. The van der Waals surface area contributed by atoms with E-state index in [4.69, 9.17) is 4.74 Å². The lowest BCUT2D eigenvalue weighted by Crippen LogP contribution is -2.51. The summed E-state index contributed by atoms with van der Waals surface area (Å²) in [4.78, 5) is 37.5. The van der Waals surface area contributed by atoms with Crippen molar-refractivity contribution in [1.29, 1.82) is 0 Å². The van der Waals surface area contributed by atoms with Gasteiger partial charge in [-0.2, -0.15) is 0 Å². The molecular weight excluding hydrogens is 404 g/mol. The molecule has 2 aromatic rings. The molecule has 4 aliphatic rings. The molecule has 0 spiro atoms. The van der Waals surface area contributed by atoms with Crippen LogP contribution in [0.4, 0.5) is 11.4 Å². The Labute approximate surface area is 187 Å². The van der Waals surface area contributed by atoms with Crippen molar-refractivity contribution in [2.45, 2.75) is 45.4 Å². The van der Waals surface area contributed by atoms with Crippen molar-refractivity contribution in [2.24, 2.45) is 23.2 Å². The van der Waals surface area contributed by atoms with E-state index in [2.05, 4.69) is 10.6 Å². The number of amides is 2. The highest BCUT2D eigenvalue weighted by Gasteiger charge is 2.54. The predicted molar refractivity (Wildman–Crippen MR) is 121 cm³/mol. The Morgan fingerprint density at radius 1 is 0.844 bits per heavy atom. The molecule has 4 aliphatic carbocycles. The third-order valence-electron chi connectivity index (χ3n) is 7.30. The van der Waals surface area contributed by atoms with Gasteiger partial charge in [-0.25, -0.2) is 0 Å². The van der Waals surface area contributed by atoms with E-state index in [9.17, 15) is 14.4 Å². The summed E-state index contributed by atoms with van der Waals surface area (Å²) in [7, 11) is 0. The zero-order valence-corrected chi connectivity index (χ0v) is 18.2. The Bertz CT molecular complexity index is 1040. The fraction of sp³-hybridized carbons (Fsp3) is 0.423. The van der Waals surface area contributed by atoms with Crippen LogP contribution in [0.3, 0.4) is 0 Å². The fourth-order valence-electron chi connectivity index (χ4n) is 6.41. The van der Waals surface area contributed by atoms with Crippen molar-refractivity contribution >= 4 is 29.2 Å². The van der Waals surface area contributed by atoms with Crippen LogP contribution in [0.15, 0.2) is 48.5 Å². The Balaban J connectivity index is 1.32. The van der Waals surface area contributed by atoms with Gasteiger partial charge in [0.1, 0.15) is 5.75 Å². The number of para-hydroxylation sites is 2. The van der Waals surface area contributed by atoms with Gasteiger partial charge in [0.2, 0.25) is 5.91 Å². The van der Waals surface area contributed by atoms with Crippen LogP contribution in [0.2, 0.25) is 0 Å². The van der Waals surface area contributed by atoms with E-state index in [-0.39, 0.29) is 17.2 Å². The Hall–Kier alpha value is -3.15. The number of rotatable bonds is 5. The van der Waals surface area contributed by atoms with Crippen LogP contribution in [-0.4, -0.2) is 17.8 Å². The first kappa shape index (κ1) is 20.7. The average molecular weight is 433 g/mol. The monoisotopic (exact) mass is 432 g/mol. The lowest BCUT2D eigenvalue weighted by molar-refractivity contribution is -0.140. The summed E-state index contributed by atoms with van der Waals surface area (Å²) in [6.07, 6.45) is 6.82. The van der Waals surface area contributed by atoms with E-state index in [0.717, 1.165) is 19.3 Å². The third kappa shape index (κ3) is 4.01. The highest BCUT2D eigenvalue weighted by atomic mass is 16.5. The Morgan fingerprint density at radius 3 is 2.03 bits per heavy atom. The minimum absolute atomic E-state index is 0.0927. The van der Waals surface area contributed by atoms with E-state index < -0.39 is 5.97 Å². The molecule has 0 radical (unpaired) electrons. The molecule has 4 saturated carbocycles. The van der Waals surface area contributed by atoms with Crippen LogP contribution in [0.5, 0.6) is 5.75 Å². The molecular formula is C26H28N2O4. The lowest BCUT2D eigenvalue weighted by atomic mass is 9.49. The number of nitrogens with one attached hydrogen (secondary N) is 2. The smallest absolute Gasteiger partial charge is 0.308 e. The first-order valence-electron chi connectivity index (χ1n) is 11.4. The third-order valence-corrected chi connectivity index (χ3v) is 7.30.